The Bertz CT molecular complexity index is 981. The minimum Gasteiger partial charge on any atom is -0.342 e. The number of aryl methyl sites for hydroxylation is 1. The Morgan fingerprint density at radius 1 is 0.935 bits per heavy atom. The Kier molecular flexibility index (Phi) is 6.07. The van der Waals surface area contributed by atoms with Gasteiger partial charge in [0.25, 0.3) is 0 Å². The highest BCUT2D eigenvalue weighted by Gasteiger charge is 2.38. The number of hydrogen-bond acceptors (Lipinski definition) is 3. The molecule has 1 atom stereocenters. The standard InChI is InChI=1S/C25H29N3O3/c1-17-7-6-10-22(18(17)2)26-24(30)19-11-13-27(14-12-19)25(31)20-15-23(29)28(16-20)21-8-4-3-5-9-21/h3-10,19-20H,11-16H2,1-2H3,(H,26,30). The van der Waals surface area contributed by atoms with E-state index in [4.69, 9.17) is 0 Å². The van der Waals surface area contributed by atoms with Crippen LogP contribution in [0.1, 0.15) is 30.4 Å². The van der Waals surface area contributed by atoms with E-state index in [2.05, 4.69) is 5.32 Å². The molecule has 6 heteroatoms. The first kappa shape index (κ1) is 21.1. The molecule has 1 N–H and O–H groups in total. The maximum absolute atomic E-state index is 13.0. The van der Waals surface area contributed by atoms with Crippen molar-refractivity contribution in [1.82, 2.24) is 4.90 Å². The first-order valence-corrected chi connectivity index (χ1v) is 11.0. The zero-order chi connectivity index (χ0) is 22.0. The lowest BCUT2D eigenvalue weighted by atomic mass is 9.94. The molecule has 0 radical (unpaired) electrons. The van der Waals surface area contributed by atoms with Crippen molar-refractivity contribution >= 4 is 29.1 Å². The summed E-state index contributed by atoms with van der Waals surface area (Å²) in [4.78, 5) is 41.7. The Morgan fingerprint density at radius 3 is 2.35 bits per heavy atom. The van der Waals surface area contributed by atoms with Crippen LogP contribution in [-0.4, -0.2) is 42.3 Å². The quantitative estimate of drug-likeness (QED) is 0.824. The van der Waals surface area contributed by atoms with Crippen LogP contribution in [0.4, 0.5) is 11.4 Å². The fourth-order valence-electron chi connectivity index (χ4n) is 4.47. The van der Waals surface area contributed by atoms with Crippen LogP contribution in [0.25, 0.3) is 0 Å². The third-order valence-corrected chi connectivity index (χ3v) is 6.58. The van der Waals surface area contributed by atoms with Crippen molar-refractivity contribution in [2.45, 2.75) is 33.1 Å². The molecule has 0 spiro atoms. The highest BCUT2D eigenvalue weighted by atomic mass is 16.2. The predicted molar refractivity (Wildman–Crippen MR) is 121 cm³/mol. The Morgan fingerprint density at radius 2 is 1.65 bits per heavy atom. The highest BCUT2D eigenvalue weighted by Crippen LogP contribution is 2.28. The van der Waals surface area contributed by atoms with Gasteiger partial charge < -0.3 is 15.1 Å². The number of amides is 3. The molecular weight excluding hydrogens is 390 g/mol. The van der Waals surface area contributed by atoms with E-state index in [1.807, 2.05) is 67.3 Å². The fourth-order valence-corrected chi connectivity index (χ4v) is 4.47. The summed E-state index contributed by atoms with van der Waals surface area (Å²) in [5.74, 6) is -0.373. The van der Waals surface area contributed by atoms with E-state index in [9.17, 15) is 14.4 Å². The number of carbonyl (C=O) groups excluding carboxylic acids is 3. The minimum absolute atomic E-state index is 0.00709. The van der Waals surface area contributed by atoms with E-state index >= 15 is 0 Å². The highest BCUT2D eigenvalue weighted by molar-refractivity contribution is 6.00. The molecule has 3 amide bonds. The van der Waals surface area contributed by atoms with Crippen LogP contribution in [0, 0.1) is 25.7 Å². The lowest BCUT2D eigenvalue weighted by Crippen LogP contribution is -2.44. The number of anilines is 2. The number of para-hydroxylation sites is 1. The molecule has 0 bridgehead atoms. The van der Waals surface area contributed by atoms with Crippen molar-refractivity contribution in [2.75, 3.05) is 29.9 Å². The van der Waals surface area contributed by atoms with Gasteiger partial charge in [-0.05, 0) is 56.0 Å². The van der Waals surface area contributed by atoms with E-state index in [0.717, 1.165) is 22.5 Å². The molecule has 2 aromatic rings. The number of nitrogens with zero attached hydrogens (tertiary/aromatic N) is 2. The largest absolute Gasteiger partial charge is 0.342 e. The topological polar surface area (TPSA) is 69.7 Å². The lowest BCUT2D eigenvalue weighted by molar-refractivity contribution is -0.138. The molecular formula is C25H29N3O3. The molecule has 2 aliphatic rings. The summed E-state index contributed by atoms with van der Waals surface area (Å²) in [6.07, 6.45) is 1.54. The van der Waals surface area contributed by atoms with Crippen LogP contribution in [0.2, 0.25) is 0 Å². The first-order chi connectivity index (χ1) is 14.9. The zero-order valence-corrected chi connectivity index (χ0v) is 18.1. The van der Waals surface area contributed by atoms with Crippen LogP contribution < -0.4 is 10.2 Å². The second kappa shape index (κ2) is 8.92. The Labute approximate surface area is 183 Å². The van der Waals surface area contributed by atoms with Gasteiger partial charge in [-0.2, -0.15) is 0 Å². The van der Waals surface area contributed by atoms with Gasteiger partial charge in [0.2, 0.25) is 17.7 Å². The Balaban J connectivity index is 1.31. The van der Waals surface area contributed by atoms with Crippen LogP contribution >= 0.6 is 0 Å². The predicted octanol–water partition coefficient (Wildman–Crippen LogP) is 3.53. The van der Waals surface area contributed by atoms with Gasteiger partial charge in [-0.15, -0.1) is 0 Å². The molecule has 2 saturated heterocycles. The third kappa shape index (κ3) is 4.48. The van der Waals surface area contributed by atoms with Gasteiger partial charge in [0.1, 0.15) is 0 Å². The third-order valence-electron chi connectivity index (χ3n) is 6.58. The van der Waals surface area contributed by atoms with Crippen molar-refractivity contribution in [1.29, 1.82) is 0 Å². The first-order valence-electron chi connectivity index (χ1n) is 11.0. The molecule has 2 fully saturated rings. The van der Waals surface area contributed by atoms with E-state index in [1.54, 1.807) is 4.90 Å². The van der Waals surface area contributed by atoms with Crippen LogP contribution in [-0.2, 0) is 14.4 Å². The van der Waals surface area contributed by atoms with Gasteiger partial charge >= 0.3 is 0 Å². The average molecular weight is 420 g/mol. The number of benzene rings is 2. The monoisotopic (exact) mass is 419 g/mol. The van der Waals surface area contributed by atoms with Crippen molar-refractivity contribution < 1.29 is 14.4 Å². The van der Waals surface area contributed by atoms with Crippen molar-refractivity contribution in [3.63, 3.8) is 0 Å². The Hall–Kier alpha value is -3.15. The SMILES string of the molecule is Cc1cccc(NC(=O)C2CCN(C(=O)C3CC(=O)N(c4ccccc4)C3)CC2)c1C. The number of nitrogens with one attached hydrogen (secondary N) is 1. The fraction of sp³-hybridized carbons (Fsp3) is 0.400. The van der Waals surface area contributed by atoms with Crippen LogP contribution in [0.3, 0.4) is 0 Å². The smallest absolute Gasteiger partial charge is 0.228 e. The van der Waals surface area contributed by atoms with Crippen LogP contribution in [0.15, 0.2) is 48.5 Å². The molecule has 0 aliphatic carbocycles. The number of hydrogen-bond donors (Lipinski definition) is 1. The summed E-state index contributed by atoms with van der Waals surface area (Å²) in [5, 5.41) is 3.06. The molecule has 31 heavy (non-hydrogen) atoms. The summed E-state index contributed by atoms with van der Waals surface area (Å²) in [7, 11) is 0. The van der Waals surface area contributed by atoms with E-state index in [0.29, 0.717) is 32.5 Å². The molecule has 0 aromatic heterocycles. The molecule has 6 nitrogen and oxygen atoms in total. The molecule has 1 unspecified atom stereocenters. The molecule has 2 aliphatic heterocycles. The normalized spacial score (nSPS) is 19.5. The lowest BCUT2D eigenvalue weighted by Gasteiger charge is -2.33. The molecule has 2 aromatic carbocycles. The van der Waals surface area contributed by atoms with Crippen LogP contribution in [0.5, 0.6) is 0 Å². The maximum atomic E-state index is 13.0. The molecule has 162 valence electrons. The number of likely N-dealkylation sites (tertiary alicyclic amines) is 1. The maximum Gasteiger partial charge on any atom is 0.228 e. The van der Waals surface area contributed by atoms with Crippen molar-refractivity contribution in [3.8, 4) is 0 Å². The summed E-state index contributed by atoms with van der Waals surface area (Å²) >= 11 is 0. The number of carbonyl (C=O) groups is 3. The van der Waals surface area contributed by atoms with E-state index < -0.39 is 0 Å². The zero-order valence-electron chi connectivity index (χ0n) is 18.1. The molecule has 2 heterocycles. The summed E-state index contributed by atoms with van der Waals surface area (Å²) < 4.78 is 0. The van der Waals surface area contributed by atoms with Gasteiger partial charge in [0, 0.05) is 43.3 Å². The van der Waals surface area contributed by atoms with Gasteiger partial charge in [-0.3, -0.25) is 14.4 Å². The van der Waals surface area contributed by atoms with E-state index in [1.165, 1.54) is 0 Å². The summed E-state index contributed by atoms with van der Waals surface area (Å²) in [6, 6.07) is 15.4. The van der Waals surface area contributed by atoms with Gasteiger partial charge in [-0.1, -0.05) is 30.3 Å². The second-order valence-corrected chi connectivity index (χ2v) is 8.58. The van der Waals surface area contributed by atoms with Crippen molar-refractivity contribution in [2.24, 2.45) is 11.8 Å². The van der Waals surface area contributed by atoms with Gasteiger partial charge in [0.05, 0.1) is 5.92 Å². The number of piperidine rings is 1. The van der Waals surface area contributed by atoms with Crippen molar-refractivity contribution in [3.05, 3.63) is 59.7 Å². The molecule has 4 rings (SSSR count). The van der Waals surface area contributed by atoms with Gasteiger partial charge in [-0.25, -0.2) is 0 Å². The number of rotatable bonds is 4. The summed E-state index contributed by atoms with van der Waals surface area (Å²) in [5.41, 5.74) is 3.92. The second-order valence-electron chi connectivity index (χ2n) is 8.58. The van der Waals surface area contributed by atoms with Gasteiger partial charge in [0.15, 0.2) is 0 Å². The molecule has 0 saturated carbocycles. The minimum atomic E-state index is -0.312. The average Bonchev–Trinajstić information content (AvgIpc) is 3.18. The summed E-state index contributed by atoms with van der Waals surface area (Å²) in [6.45, 7) is 5.57. The van der Waals surface area contributed by atoms with E-state index in [-0.39, 0.29) is 36.0 Å².